The van der Waals surface area contributed by atoms with Crippen molar-refractivity contribution in [2.24, 2.45) is 0 Å². The normalized spacial score (nSPS) is 17.3. The van der Waals surface area contributed by atoms with Crippen molar-refractivity contribution >= 4 is 35.0 Å². The van der Waals surface area contributed by atoms with Gasteiger partial charge in [-0.2, -0.15) is 0 Å². The zero-order valence-corrected chi connectivity index (χ0v) is 22.4. The van der Waals surface area contributed by atoms with Crippen LogP contribution in [0.4, 0.5) is 4.39 Å². The SMILES string of the molecule is CC(=O)N(C)C1CCN(CCC(C)(C(=O)N[C@@H](CO)c2ccc(F)cc2)c2ccc(Cl)c(Cl)c2)CC1. The fraction of sp³-hybridized carbons (Fsp3) is 0.481. The molecule has 196 valence electrons. The Morgan fingerprint density at radius 1 is 1.17 bits per heavy atom. The summed E-state index contributed by atoms with van der Waals surface area (Å²) in [5, 5.41) is 13.7. The summed E-state index contributed by atoms with van der Waals surface area (Å²) in [4.78, 5) is 29.5. The van der Waals surface area contributed by atoms with Crippen molar-refractivity contribution in [3.63, 3.8) is 0 Å². The van der Waals surface area contributed by atoms with E-state index in [1.54, 1.807) is 42.2 Å². The van der Waals surface area contributed by atoms with Crippen molar-refractivity contribution in [1.29, 1.82) is 0 Å². The van der Waals surface area contributed by atoms with E-state index >= 15 is 0 Å². The number of halogens is 3. The van der Waals surface area contributed by atoms with Crippen LogP contribution in [0.1, 0.15) is 50.3 Å². The van der Waals surface area contributed by atoms with Gasteiger partial charge in [0.15, 0.2) is 0 Å². The zero-order chi connectivity index (χ0) is 26.5. The van der Waals surface area contributed by atoms with E-state index in [2.05, 4.69) is 10.2 Å². The molecule has 2 aromatic carbocycles. The Labute approximate surface area is 222 Å². The third-order valence-corrected chi connectivity index (χ3v) is 8.09. The minimum atomic E-state index is -0.964. The van der Waals surface area contributed by atoms with Gasteiger partial charge in [-0.1, -0.05) is 41.4 Å². The fourth-order valence-electron chi connectivity index (χ4n) is 4.64. The van der Waals surface area contributed by atoms with Crippen LogP contribution in [-0.4, -0.2) is 66.1 Å². The first-order valence-corrected chi connectivity index (χ1v) is 12.9. The number of nitrogens with one attached hydrogen (secondary N) is 1. The molecule has 9 heteroatoms. The van der Waals surface area contributed by atoms with Crippen molar-refractivity contribution in [3.8, 4) is 0 Å². The highest BCUT2D eigenvalue weighted by molar-refractivity contribution is 6.42. The van der Waals surface area contributed by atoms with Gasteiger partial charge in [0, 0.05) is 33.1 Å². The summed E-state index contributed by atoms with van der Waals surface area (Å²) >= 11 is 12.4. The molecule has 3 rings (SSSR count). The van der Waals surface area contributed by atoms with Gasteiger partial charge in [-0.05, 0) is 68.1 Å². The van der Waals surface area contributed by atoms with Gasteiger partial charge in [-0.25, -0.2) is 4.39 Å². The van der Waals surface area contributed by atoms with Gasteiger partial charge in [-0.3, -0.25) is 9.59 Å². The molecule has 2 aromatic rings. The monoisotopic (exact) mass is 537 g/mol. The van der Waals surface area contributed by atoms with Crippen LogP contribution >= 0.6 is 23.2 Å². The highest BCUT2D eigenvalue weighted by Crippen LogP contribution is 2.34. The average molecular weight is 538 g/mol. The summed E-state index contributed by atoms with van der Waals surface area (Å²) in [6.07, 6.45) is 2.26. The molecule has 2 atom stereocenters. The van der Waals surface area contributed by atoms with Crippen molar-refractivity contribution in [2.75, 3.05) is 33.3 Å². The lowest BCUT2D eigenvalue weighted by molar-refractivity contribution is -0.131. The van der Waals surface area contributed by atoms with E-state index in [1.807, 2.05) is 14.0 Å². The summed E-state index contributed by atoms with van der Waals surface area (Å²) in [6.45, 7) is 5.44. The molecule has 6 nitrogen and oxygen atoms in total. The molecule has 36 heavy (non-hydrogen) atoms. The Morgan fingerprint density at radius 2 is 1.81 bits per heavy atom. The highest BCUT2D eigenvalue weighted by Gasteiger charge is 2.37. The molecule has 0 radical (unpaired) electrons. The van der Waals surface area contributed by atoms with Gasteiger partial charge >= 0.3 is 0 Å². The number of hydrogen-bond donors (Lipinski definition) is 2. The third-order valence-electron chi connectivity index (χ3n) is 7.35. The van der Waals surface area contributed by atoms with Crippen LogP contribution in [0.3, 0.4) is 0 Å². The molecule has 1 aliphatic rings. The first kappa shape index (κ1) is 28.4. The predicted molar refractivity (Wildman–Crippen MR) is 141 cm³/mol. The van der Waals surface area contributed by atoms with Crippen LogP contribution in [0.15, 0.2) is 42.5 Å². The van der Waals surface area contributed by atoms with Gasteiger partial charge in [0.2, 0.25) is 11.8 Å². The number of aliphatic hydroxyl groups excluding tert-OH is 1. The number of carbonyl (C=O) groups excluding carboxylic acids is 2. The van der Waals surface area contributed by atoms with E-state index in [1.165, 1.54) is 12.1 Å². The molecule has 0 spiro atoms. The Kier molecular flexibility index (Phi) is 9.75. The Morgan fingerprint density at radius 3 is 2.36 bits per heavy atom. The number of nitrogens with zero attached hydrogens (tertiary/aromatic N) is 2. The molecule has 0 bridgehead atoms. The number of amides is 2. The fourth-order valence-corrected chi connectivity index (χ4v) is 4.94. The number of hydrogen-bond acceptors (Lipinski definition) is 4. The van der Waals surface area contributed by atoms with E-state index in [-0.39, 0.29) is 30.3 Å². The lowest BCUT2D eigenvalue weighted by Crippen LogP contribution is -2.48. The molecular weight excluding hydrogens is 504 g/mol. The smallest absolute Gasteiger partial charge is 0.230 e. The molecule has 2 amide bonds. The maximum Gasteiger partial charge on any atom is 0.230 e. The maximum atomic E-state index is 13.7. The van der Waals surface area contributed by atoms with Crippen LogP contribution in [-0.2, 0) is 15.0 Å². The molecule has 1 saturated heterocycles. The van der Waals surface area contributed by atoms with Gasteiger partial charge in [0.05, 0.1) is 28.1 Å². The summed E-state index contributed by atoms with van der Waals surface area (Å²) in [6, 6.07) is 10.4. The van der Waals surface area contributed by atoms with Crippen molar-refractivity contribution < 1.29 is 19.1 Å². The molecule has 0 aliphatic carbocycles. The van der Waals surface area contributed by atoms with Crippen molar-refractivity contribution in [2.45, 2.75) is 50.6 Å². The second kappa shape index (κ2) is 12.4. The van der Waals surface area contributed by atoms with Crippen molar-refractivity contribution in [1.82, 2.24) is 15.1 Å². The topological polar surface area (TPSA) is 72.9 Å². The first-order valence-electron chi connectivity index (χ1n) is 12.1. The second-order valence-corrected chi connectivity index (χ2v) is 10.5. The zero-order valence-electron chi connectivity index (χ0n) is 20.9. The summed E-state index contributed by atoms with van der Waals surface area (Å²) in [5.41, 5.74) is 0.367. The average Bonchev–Trinajstić information content (AvgIpc) is 2.87. The van der Waals surface area contributed by atoms with Crippen LogP contribution < -0.4 is 5.32 Å². The minimum absolute atomic E-state index is 0.0666. The number of carbonyl (C=O) groups is 2. The second-order valence-electron chi connectivity index (χ2n) is 9.67. The number of likely N-dealkylation sites (tertiary alicyclic amines) is 1. The molecular formula is C27H34Cl2FN3O3. The summed E-state index contributed by atoms with van der Waals surface area (Å²) in [5.74, 6) is -0.590. The molecule has 0 aromatic heterocycles. The highest BCUT2D eigenvalue weighted by atomic mass is 35.5. The first-order chi connectivity index (χ1) is 17.0. The molecule has 1 unspecified atom stereocenters. The minimum Gasteiger partial charge on any atom is -0.394 e. The quantitative estimate of drug-likeness (QED) is 0.491. The number of benzene rings is 2. The third kappa shape index (κ3) is 6.76. The largest absolute Gasteiger partial charge is 0.394 e. The molecule has 1 heterocycles. The Bertz CT molecular complexity index is 1060. The van der Waals surface area contributed by atoms with E-state index in [0.717, 1.165) is 31.5 Å². The Hall–Kier alpha value is -2.19. The Balaban J connectivity index is 1.77. The van der Waals surface area contributed by atoms with E-state index in [0.29, 0.717) is 28.6 Å². The van der Waals surface area contributed by atoms with Gasteiger partial charge in [0.1, 0.15) is 5.82 Å². The molecule has 1 aliphatic heterocycles. The van der Waals surface area contributed by atoms with Crippen LogP contribution in [0.25, 0.3) is 0 Å². The number of piperidine rings is 1. The standard InChI is InChI=1S/C27H34Cl2FN3O3/c1-18(35)32(3)22-10-13-33(14-11-22)15-12-27(2,20-6-9-23(28)24(29)16-20)26(36)31-25(17-34)19-4-7-21(30)8-5-19/h4-9,16,22,25,34H,10-15,17H2,1-3H3,(H,31,36)/t25-,27?/m0/s1. The maximum absolute atomic E-state index is 13.7. The summed E-state index contributed by atoms with van der Waals surface area (Å²) in [7, 11) is 1.84. The lowest BCUT2D eigenvalue weighted by atomic mass is 9.78. The molecule has 0 saturated carbocycles. The van der Waals surface area contributed by atoms with Crippen molar-refractivity contribution in [3.05, 3.63) is 69.5 Å². The van der Waals surface area contributed by atoms with Gasteiger partial charge < -0.3 is 20.2 Å². The van der Waals surface area contributed by atoms with E-state index < -0.39 is 11.5 Å². The molecule has 2 N–H and O–H groups in total. The molecule has 1 fully saturated rings. The van der Waals surface area contributed by atoms with Crippen LogP contribution in [0, 0.1) is 5.82 Å². The van der Waals surface area contributed by atoms with Crippen LogP contribution in [0.5, 0.6) is 0 Å². The van der Waals surface area contributed by atoms with Gasteiger partial charge in [0.25, 0.3) is 0 Å². The summed E-state index contributed by atoms with van der Waals surface area (Å²) < 4.78 is 13.4. The number of rotatable bonds is 9. The van der Waals surface area contributed by atoms with E-state index in [9.17, 15) is 19.1 Å². The predicted octanol–water partition coefficient (Wildman–Crippen LogP) is 4.57. The van der Waals surface area contributed by atoms with Gasteiger partial charge in [-0.15, -0.1) is 0 Å². The van der Waals surface area contributed by atoms with E-state index in [4.69, 9.17) is 23.2 Å². The van der Waals surface area contributed by atoms with Crippen LogP contribution in [0.2, 0.25) is 10.0 Å². The number of aliphatic hydroxyl groups is 1. The lowest BCUT2D eigenvalue weighted by Gasteiger charge is -2.38.